The van der Waals surface area contributed by atoms with E-state index in [0.717, 1.165) is 30.5 Å². The molecule has 0 bridgehead atoms. The highest BCUT2D eigenvalue weighted by atomic mass is 14.6. The van der Waals surface area contributed by atoms with Crippen LogP contribution >= 0.6 is 0 Å². The average Bonchev–Trinajstić information content (AvgIpc) is 2.59. The molecular formula is C21H21N. The Morgan fingerprint density at radius 1 is 1.00 bits per heavy atom. The van der Waals surface area contributed by atoms with Crippen molar-refractivity contribution in [3.05, 3.63) is 90.1 Å². The third-order valence-corrected chi connectivity index (χ3v) is 3.93. The summed E-state index contributed by atoms with van der Waals surface area (Å²) in [6.45, 7) is 0. The summed E-state index contributed by atoms with van der Waals surface area (Å²) in [4.78, 5) is 0. The van der Waals surface area contributed by atoms with Gasteiger partial charge in [-0.15, -0.1) is 0 Å². The van der Waals surface area contributed by atoms with E-state index in [9.17, 15) is 0 Å². The van der Waals surface area contributed by atoms with Crippen LogP contribution in [0.5, 0.6) is 0 Å². The van der Waals surface area contributed by atoms with Crippen molar-refractivity contribution in [3.8, 4) is 0 Å². The summed E-state index contributed by atoms with van der Waals surface area (Å²) in [5.41, 5.74) is 9.58. The number of hydrogen-bond acceptors (Lipinski definition) is 1. The topological polar surface area (TPSA) is 26.0 Å². The van der Waals surface area contributed by atoms with Crippen molar-refractivity contribution < 1.29 is 0 Å². The van der Waals surface area contributed by atoms with Crippen molar-refractivity contribution in [2.45, 2.75) is 19.3 Å². The standard InChI is InChI=1S/C21H21N/c22-21(13-7-4-10-17-8-2-1-3-9-17)20-15-14-18-11-5-6-12-19(18)16-20/h1-3,5-6,8,10-16H,4,7,9,22H2/b17-10-,21-13-. The first-order chi connectivity index (χ1) is 10.8. The van der Waals surface area contributed by atoms with E-state index < -0.39 is 0 Å². The van der Waals surface area contributed by atoms with Gasteiger partial charge in [-0.3, -0.25) is 0 Å². The van der Waals surface area contributed by atoms with E-state index in [1.165, 1.54) is 16.3 Å². The van der Waals surface area contributed by atoms with Gasteiger partial charge in [0.2, 0.25) is 0 Å². The molecule has 0 spiro atoms. The molecule has 0 aromatic heterocycles. The van der Waals surface area contributed by atoms with E-state index in [0.29, 0.717) is 0 Å². The molecule has 0 radical (unpaired) electrons. The Morgan fingerprint density at radius 3 is 2.68 bits per heavy atom. The van der Waals surface area contributed by atoms with E-state index >= 15 is 0 Å². The summed E-state index contributed by atoms with van der Waals surface area (Å²) < 4.78 is 0. The summed E-state index contributed by atoms with van der Waals surface area (Å²) in [6, 6.07) is 14.8. The van der Waals surface area contributed by atoms with Gasteiger partial charge >= 0.3 is 0 Å². The second-order valence-electron chi connectivity index (χ2n) is 5.57. The van der Waals surface area contributed by atoms with Crippen LogP contribution in [0.2, 0.25) is 0 Å². The maximum atomic E-state index is 6.22. The van der Waals surface area contributed by atoms with Crippen molar-refractivity contribution in [2.24, 2.45) is 5.73 Å². The molecule has 0 heterocycles. The molecule has 22 heavy (non-hydrogen) atoms. The molecule has 0 fully saturated rings. The quantitative estimate of drug-likeness (QED) is 0.752. The highest BCUT2D eigenvalue weighted by molar-refractivity contribution is 5.85. The van der Waals surface area contributed by atoms with Gasteiger partial charge in [0, 0.05) is 5.70 Å². The van der Waals surface area contributed by atoms with Gasteiger partial charge in [0.1, 0.15) is 0 Å². The molecule has 2 aromatic rings. The lowest BCUT2D eigenvalue weighted by atomic mass is 10.0. The van der Waals surface area contributed by atoms with Crippen molar-refractivity contribution in [3.63, 3.8) is 0 Å². The van der Waals surface area contributed by atoms with Crippen LogP contribution in [0.4, 0.5) is 0 Å². The number of unbranched alkanes of at least 4 members (excludes halogenated alkanes) is 1. The molecule has 1 aliphatic carbocycles. The first-order valence-corrected chi connectivity index (χ1v) is 7.80. The van der Waals surface area contributed by atoms with Crippen molar-refractivity contribution in [1.82, 2.24) is 0 Å². The van der Waals surface area contributed by atoms with E-state index in [4.69, 9.17) is 5.73 Å². The minimum absolute atomic E-state index is 0.864. The van der Waals surface area contributed by atoms with Gasteiger partial charge < -0.3 is 5.73 Å². The Kier molecular flexibility index (Phi) is 4.55. The molecule has 0 saturated heterocycles. The van der Waals surface area contributed by atoms with Crippen LogP contribution in [0.3, 0.4) is 0 Å². The first kappa shape index (κ1) is 14.4. The number of hydrogen-bond donors (Lipinski definition) is 1. The first-order valence-electron chi connectivity index (χ1n) is 7.80. The van der Waals surface area contributed by atoms with Crippen LogP contribution in [0.25, 0.3) is 16.5 Å². The second kappa shape index (κ2) is 6.95. The molecule has 0 unspecified atom stereocenters. The molecule has 2 aromatic carbocycles. The third kappa shape index (κ3) is 3.56. The minimum Gasteiger partial charge on any atom is -0.399 e. The maximum absolute atomic E-state index is 6.22. The van der Waals surface area contributed by atoms with Crippen molar-refractivity contribution in [1.29, 1.82) is 0 Å². The van der Waals surface area contributed by atoms with Crippen LogP contribution < -0.4 is 5.73 Å². The highest BCUT2D eigenvalue weighted by Crippen LogP contribution is 2.19. The Labute approximate surface area is 132 Å². The molecule has 0 amide bonds. The van der Waals surface area contributed by atoms with Gasteiger partial charge in [-0.05, 0) is 47.2 Å². The fourth-order valence-electron chi connectivity index (χ4n) is 2.68. The number of rotatable bonds is 4. The zero-order valence-electron chi connectivity index (χ0n) is 12.7. The lowest BCUT2D eigenvalue weighted by Crippen LogP contribution is -1.96. The van der Waals surface area contributed by atoms with E-state index in [2.05, 4.69) is 78.9 Å². The van der Waals surface area contributed by atoms with Gasteiger partial charge in [-0.2, -0.15) is 0 Å². The summed E-state index contributed by atoms with van der Waals surface area (Å²) in [7, 11) is 0. The van der Waals surface area contributed by atoms with E-state index in [-0.39, 0.29) is 0 Å². The van der Waals surface area contributed by atoms with Crippen LogP contribution in [-0.2, 0) is 0 Å². The maximum Gasteiger partial charge on any atom is 0.0347 e. The SMILES string of the molecule is N/C(=C\CC/C=C1/C=CC=CC1)c1ccc2ccccc2c1. The third-order valence-electron chi connectivity index (χ3n) is 3.93. The lowest BCUT2D eigenvalue weighted by molar-refractivity contribution is 1.03. The molecule has 110 valence electrons. The van der Waals surface area contributed by atoms with E-state index in [1.54, 1.807) is 0 Å². The number of benzene rings is 2. The largest absolute Gasteiger partial charge is 0.399 e. The molecule has 1 nitrogen and oxygen atoms in total. The van der Waals surface area contributed by atoms with Gasteiger partial charge in [0.25, 0.3) is 0 Å². The molecule has 0 atom stereocenters. The van der Waals surface area contributed by atoms with Gasteiger partial charge in [0.15, 0.2) is 0 Å². The lowest BCUT2D eigenvalue weighted by Gasteiger charge is -2.05. The zero-order chi connectivity index (χ0) is 15.2. The molecule has 1 aliphatic rings. The predicted octanol–water partition coefficient (Wildman–Crippen LogP) is 5.36. The van der Waals surface area contributed by atoms with Crippen LogP contribution in [0.15, 0.2) is 84.5 Å². The number of nitrogens with two attached hydrogens (primary N) is 1. The highest BCUT2D eigenvalue weighted by Gasteiger charge is 1.99. The van der Waals surface area contributed by atoms with Gasteiger partial charge in [-0.25, -0.2) is 0 Å². The summed E-state index contributed by atoms with van der Waals surface area (Å²) in [5.74, 6) is 0. The van der Waals surface area contributed by atoms with E-state index in [1.807, 2.05) is 0 Å². The summed E-state index contributed by atoms with van der Waals surface area (Å²) in [5, 5.41) is 2.48. The Balaban J connectivity index is 1.65. The minimum atomic E-state index is 0.864. The Morgan fingerprint density at radius 2 is 1.86 bits per heavy atom. The molecular weight excluding hydrogens is 266 g/mol. The van der Waals surface area contributed by atoms with Gasteiger partial charge in [-0.1, -0.05) is 72.9 Å². The zero-order valence-corrected chi connectivity index (χ0v) is 12.7. The summed E-state index contributed by atoms with van der Waals surface area (Å²) in [6.07, 6.45) is 16.0. The number of allylic oxidation sites excluding steroid dienone is 7. The molecule has 1 heteroatoms. The smallest absolute Gasteiger partial charge is 0.0347 e. The average molecular weight is 287 g/mol. The summed E-state index contributed by atoms with van der Waals surface area (Å²) >= 11 is 0. The van der Waals surface area contributed by atoms with Crippen LogP contribution in [-0.4, -0.2) is 0 Å². The molecule has 2 N–H and O–H groups in total. The second-order valence-corrected chi connectivity index (χ2v) is 5.57. The van der Waals surface area contributed by atoms with Crippen LogP contribution in [0.1, 0.15) is 24.8 Å². The fourth-order valence-corrected chi connectivity index (χ4v) is 2.68. The van der Waals surface area contributed by atoms with Crippen LogP contribution in [0, 0.1) is 0 Å². The Bertz CT molecular complexity index is 775. The normalized spacial score (nSPS) is 16.5. The molecule has 0 saturated carbocycles. The predicted molar refractivity (Wildman–Crippen MR) is 96.3 cm³/mol. The van der Waals surface area contributed by atoms with Crippen molar-refractivity contribution >= 4 is 16.5 Å². The van der Waals surface area contributed by atoms with Gasteiger partial charge in [0.05, 0.1) is 0 Å². The number of fused-ring (bicyclic) bond motifs is 1. The molecule has 3 rings (SSSR count). The fraction of sp³-hybridized carbons (Fsp3) is 0.143. The molecule has 0 aliphatic heterocycles. The Hall–Kier alpha value is -2.54. The monoisotopic (exact) mass is 287 g/mol. The van der Waals surface area contributed by atoms with Crippen molar-refractivity contribution in [2.75, 3.05) is 0 Å².